The van der Waals surface area contributed by atoms with Crippen LogP contribution in [0, 0.1) is 0 Å². The molecule has 0 saturated carbocycles. The standard InChI is InChI=1S/C11H18N2O5/c14-10(15)7-9-8-18-6-3-13(9)11(16)12-1-4-17-5-2-12/h9H,1-8H2,(H,14,15). The van der Waals surface area contributed by atoms with Gasteiger partial charge >= 0.3 is 12.0 Å². The van der Waals surface area contributed by atoms with E-state index in [0.717, 1.165) is 0 Å². The number of nitrogens with zero attached hydrogens (tertiary/aromatic N) is 2. The summed E-state index contributed by atoms with van der Waals surface area (Å²) in [5.41, 5.74) is 0. The van der Waals surface area contributed by atoms with Gasteiger partial charge in [-0.2, -0.15) is 0 Å². The average Bonchev–Trinajstić information content (AvgIpc) is 2.39. The first-order valence-corrected chi connectivity index (χ1v) is 6.11. The van der Waals surface area contributed by atoms with Gasteiger partial charge in [-0.25, -0.2) is 4.79 Å². The number of rotatable bonds is 2. The Balaban J connectivity index is 1.98. The van der Waals surface area contributed by atoms with E-state index in [9.17, 15) is 9.59 Å². The third kappa shape index (κ3) is 3.11. The Morgan fingerprint density at radius 3 is 2.44 bits per heavy atom. The molecule has 0 radical (unpaired) electrons. The molecule has 1 N–H and O–H groups in total. The zero-order valence-electron chi connectivity index (χ0n) is 10.2. The predicted molar refractivity (Wildman–Crippen MR) is 61.4 cm³/mol. The minimum atomic E-state index is -0.912. The summed E-state index contributed by atoms with van der Waals surface area (Å²) in [6, 6.07) is -0.473. The predicted octanol–water partition coefficient (Wildman–Crippen LogP) is -0.386. The van der Waals surface area contributed by atoms with Crippen LogP contribution in [0.3, 0.4) is 0 Å². The molecule has 2 amide bonds. The van der Waals surface area contributed by atoms with E-state index >= 15 is 0 Å². The van der Waals surface area contributed by atoms with Crippen molar-refractivity contribution in [2.24, 2.45) is 0 Å². The van der Waals surface area contributed by atoms with Crippen LogP contribution in [0.5, 0.6) is 0 Å². The fourth-order valence-electron chi connectivity index (χ4n) is 2.21. The van der Waals surface area contributed by atoms with E-state index in [2.05, 4.69) is 0 Å². The lowest BCUT2D eigenvalue weighted by molar-refractivity contribution is -0.139. The minimum absolute atomic E-state index is 0.0733. The molecule has 18 heavy (non-hydrogen) atoms. The normalized spacial score (nSPS) is 25.0. The fourth-order valence-corrected chi connectivity index (χ4v) is 2.21. The topological polar surface area (TPSA) is 79.3 Å². The van der Waals surface area contributed by atoms with Crippen LogP contribution in [0.15, 0.2) is 0 Å². The molecule has 2 heterocycles. The highest BCUT2D eigenvalue weighted by Crippen LogP contribution is 2.14. The van der Waals surface area contributed by atoms with Gasteiger partial charge in [0, 0.05) is 19.6 Å². The summed E-state index contributed by atoms with van der Waals surface area (Å²) in [7, 11) is 0. The molecule has 0 aromatic carbocycles. The Bertz CT molecular complexity index is 317. The van der Waals surface area contributed by atoms with Gasteiger partial charge in [0.05, 0.1) is 38.9 Å². The van der Waals surface area contributed by atoms with Crippen LogP contribution >= 0.6 is 0 Å². The van der Waals surface area contributed by atoms with Crippen LogP contribution in [0.25, 0.3) is 0 Å². The van der Waals surface area contributed by atoms with Gasteiger partial charge in [-0.15, -0.1) is 0 Å². The Hall–Kier alpha value is -1.34. The van der Waals surface area contributed by atoms with Crippen molar-refractivity contribution in [2.75, 3.05) is 46.1 Å². The number of ether oxygens (including phenoxy) is 2. The Labute approximate surface area is 105 Å². The Morgan fingerprint density at radius 2 is 1.78 bits per heavy atom. The first-order chi connectivity index (χ1) is 8.68. The van der Waals surface area contributed by atoms with Gasteiger partial charge in [0.15, 0.2) is 0 Å². The minimum Gasteiger partial charge on any atom is -0.481 e. The fraction of sp³-hybridized carbons (Fsp3) is 0.818. The average molecular weight is 258 g/mol. The van der Waals surface area contributed by atoms with E-state index in [1.54, 1.807) is 9.80 Å². The van der Waals surface area contributed by atoms with Crippen molar-refractivity contribution in [3.8, 4) is 0 Å². The number of hydrogen-bond donors (Lipinski definition) is 1. The highest BCUT2D eigenvalue weighted by molar-refractivity contribution is 5.76. The van der Waals surface area contributed by atoms with Crippen molar-refractivity contribution < 1.29 is 24.2 Å². The van der Waals surface area contributed by atoms with Crippen LogP contribution in [0.4, 0.5) is 4.79 Å². The summed E-state index contributed by atoms with van der Waals surface area (Å²) in [5.74, 6) is -0.912. The number of morpholine rings is 2. The van der Waals surface area contributed by atoms with Gasteiger partial charge in [-0.3, -0.25) is 4.79 Å². The van der Waals surface area contributed by atoms with Crippen molar-refractivity contribution in [1.82, 2.24) is 9.80 Å². The van der Waals surface area contributed by atoms with Gasteiger partial charge < -0.3 is 24.4 Å². The molecular weight excluding hydrogens is 240 g/mol. The zero-order chi connectivity index (χ0) is 13.0. The molecule has 2 aliphatic rings. The molecule has 1 unspecified atom stereocenters. The maximum atomic E-state index is 12.3. The van der Waals surface area contributed by atoms with Crippen molar-refractivity contribution >= 4 is 12.0 Å². The summed E-state index contributed by atoms with van der Waals surface area (Å²) in [4.78, 5) is 26.4. The van der Waals surface area contributed by atoms with Gasteiger partial charge in [0.25, 0.3) is 0 Å². The van der Waals surface area contributed by atoms with Crippen LogP contribution in [-0.2, 0) is 14.3 Å². The van der Waals surface area contributed by atoms with E-state index in [1.165, 1.54) is 0 Å². The second-order valence-electron chi connectivity index (χ2n) is 4.40. The van der Waals surface area contributed by atoms with Crippen molar-refractivity contribution in [3.63, 3.8) is 0 Å². The zero-order valence-corrected chi connectivity index (χ0v) is 10.2. The molecule has 2 rings (SSSR count). The first-order valence-electron chi connectivity index (χ1n) is 6.11. The lowest BCUT2D eigenvalue weighted by Crippen LogP contribution is -2.56. The van der Waals surface area contributed by atoms with E-state index in [0.29, 0.717) is 46.1 Å². The first kappa shape index (κ1) is 13.1. The van der Waals surface area contributed by atoms with E-state index < -0.39 is 5.97 Å². The molecule has 2 aliphatic heterocycles. The van der Waals surface area contributed by atoms with Crippen LogP contribution in [-0.4, -0.2) is 79.0 Å². The third-order valence-corrected chi connectivity index (χ3v) is 3.17. The second-order valence-corrected chi connectivity index (χ2v) is 4.40. The summed E-state index contributed by atoms with van der Waals surface area (Å²) < 4.78 is 10.4. The van der Waals surface area contributed by atoms with Crippen molar-refractivity contribution in [3.05, 3.63) is 0 Å². The lowest BCUT2D eigenvalue weighted by Gasteiger charge is -2.39. The smallest absolute Gasteiger partial charge is 0.320 e. The summed E-state index contributed by atoms with van der Waals surface area (Å²) >= 11 is 0. The monoisotopic (exact) mass is 258 g/mol. The number of urea groups is 1. The van der Waals surface area contributed by atoms with Crippen molar-refractivity contribution in [1.29, 1.82) is 0 Å². The summed E-state index contributed by atoms with van der Waals surface area (Å²) in [5, 5.41) is 8.85. The maximum Gasteiger partial charge on any atom is 0.320 e. The summed E-state index contributed by atoms with van der Waals surface area (Å²) in [6.07, 6.45) is -0.0733. The van der Waals surface area contributed by atoms with Gasteiger partial charge in [-0.05, 0) is 0 Å². The molecule has 7 heteroatoms. The van der Waals surface area contributed by atoms with Crippen LogP contribution in [0.1, 0.15) is 6.42 Å². The molecule has 0 aliphatic carbocycles. The number of carboxylic acid groups (broad SMARTS) is 1. The molecule has 2 fully saturated rings. The molecule has 0 spiro atoms. The third-order valence-electron chi connectivity index (χ3n) is 3.17. The van der Waals surface area contributed by atoms with Gasteiger partial charge in [0.2, 0.25) is 0 Å². The number of hydrogen-bond acceptors (Lipinski definition) is 4. The second kappa shape index (κ2) is 6.01. The SMILES string of the molecule is O=C(O)CC1COCCN1C(=O)N1CCOCC1. The highest BCUT2D eigenvalue weighted by atomic mass is 16.5. The molecule has 7 nitrogen and oxygen atoms in total. The van der Waals surface area contributed by atoms with E-state index in [-0.39, 0.29) is 18.5 Å². The van der Waals surface area contributed by atoms with Gasteiger partial charge in [-0.1, -0.05) is 0 Å². The number of carbonyl (C=O) groups excluding carboxylic acids is 1. The Kier molecular flexibility index (Phi) is 4.38. The molecular formula is C11H18N2O5. The highest BCUT2D eigenvalue weighted by Gasteiger charge is 2.32. The number of amides is 2. The molecule has 0 aromatic heterocycles. The Morgan fingerprint density at radius 1 is 1.11 bits per heavy atom. The molecule has 0 bridgehead atoms. The quantitative estimate of drug-likeness (QED) is 0.730. The maximum absolute atomic E-state index is 12.3. The largest absolute Gasteiger partial charge is 0.481 e. The van der Waals surface area contributed by atoms with Crippen molar-refractivity contribution in [2.45, 2.75) is 12.5 Å². The number of carboxylic acids is 1. The lowest BCUT2D eigenvalue weighted by atomic mass is 10.1. The molecule has 1 atom stereocenters. The molecule has 0 aromatic rings. The van der Waals surface area contributed by atoms with Crippen LogP contribution in [0.2, 0.25) is 0 Å². The number of carbonyl (C=O) groups is 2. The molecule has 2 saturated heterocycles. The van der Waals surface area contributed by atoms with E-state index in [4.69, 9.17) is 14.6 Å². The summed E-state index contributed by atoms with van der Waals surface area (Å²) in [6.45, 7) is 3.42. The van der Waals surface area contributed by atoms with Gasteiger partial charge in [0.1, 0.15) is 0 Å². The van der Waals surface area contributed by atoms with E-state index in [1.807, 2.05) is 0 Å². The van der Waals surface area contributed by atoms with Crippen LogP contribution < -0.4 is 0 Å². The number of aliphatic carboxylic acids is 1. The molecule has 102 valence electrons.